The average Bonchev–Trinajstić information content (AvgIpc) is 3.47. The van der Waals surface area contributed by atoms with Gasteiger partial charge < -0.3 is 25.2 Å². The summed E-state index contributed by atoms with van der Waals surface area (Å²) in [6.45, 7) is 11.0. The highest BCUT2D eigenvalue weighted by molar-refractivity contribution is 6.31. The second-order valence-electron chi connectivity index (χ2n) is 17.1. The number of rotatable bonds is 14. The van der Waals surface area contributed by atoms with Gasteiger partial charge in [-0.2, -0.15) is 5.26 Å². The summed E-state index contributed by atoms with van der Waals surface area (Å²) >= 11 is 6.26. The highest BCUT2D eigenvalue weighted by Crippen LogP contribution is 2.58. The molecule has 60 heavy (non-hydrogen) atoms. The van der Waals surface area contributed by atoms with Crippen LogP contribution in [0.1, 0.15) is 96.4 Å². The number of aliphatic hydroxyl groups excluding tert-OH is 1. The van der Waals surface area contributed by atoms with Gasteiger partial charge >= 0.3 is 0 Å². The lowest BCUT2D eigenvalue weighted by Gasteiger charge is -2.65. The number of imide groups is 2. The standard InChI is InChI=1S/C44H50ClN7O8/c1-43(2)41(44(3,4)42(43)60-30-10-8-26(22-46)33(45)21-30)52-36(54)15-13-34(40(52)58)51-38(56)31-12-11-29(20-32(31)39(51)57)59-19-7-5-6-16-49-17-18-50(28(24-49)25-53)35-14-9-27(23-48-35)37(47)55/h8-12,14,20-21,23,28,34,41-42,53H,5-7,13,15-19,24-25H2,1-4H3,(H2,47,55)/t28-,34-,41?,42?/m1/s1. The molecule has 0 bridgehead atoms. The van der Waals surface area contributed by atoms with Crippen LogP contribution in [0, 0.1) is 22.2 Å². The largest absolute Gasteiger partial charge is 0.494 e. The highest BCUT2D eigenvalue weighted by Gasteiger charge is 2.68. The second-order valence-corrected chi connectivity index (χ2v) is 17.6. The summed E-state index contributed by atoms with van der Waals surface area (Å²) < 4.78 is 12.4. The normalized spacial score (nSPS) is 23.6. The number of nitriles is 1. The van der Waals surface area contributed by atoms with Gasteiger partial charge in [0.1, 0.15) is 35.5 Å². The molecule has 0 unspecified atom stereocenters. The first-order valence-electron chi connectivity index (χ1n) is 20.3. The third kappa shape index (κ3) is 7.79. The smallest absolute Gasteiger partial charge is 0.262 e. The van der Waals surface area contributed by atoms with Crippen molar-refractivity contribution >= 4 is 47.0 Å². The maximum atomic E-state index is 14.3. The van der Waals surface area contributed by atoms with Crippen molar-refractivity contribution in [1.29, 1.82) is 5.26 Å². The van der Waals surface area contributed by atoms with E-state index in [0.29, 0.717) is 48.1 Å². The number of unbranched alkanes of at least 4 members (excludes halogenated alkanes) is 2. The SMILES string of the molecule is CC1(C)C(Oc2ccc(C#N)c(Cl)c2)C(C)(C)C1N1C(=O)CC[C@@H](N2C(=O)c3ccc(OCCCCCN4CCN(c5ccc(C(N)=O)cn5)[C@@H](CO)C4)cc3C2=O)C1=O. The second kappa shape index (κ2) is 16.8. The van der Waals surface area contributed by atoms with E-state index in [2.05, 4.69) is 9.88 Å². The van der Waals surface area contributed by atoms with Gasteiger partial charge in [0.05, 0.1) is 52.6 Å². The van der Waals surface area contributed by atoms with Crippen LogP contribution in [0.3, 0.4) is 0 Å². The third-order valence-electron chi connectivity index (χ3n) is 12.4. The van der Waals surface area contributed by atoms with Gasteiger partial charge in [-0.05, 0) is 74.7 Å². The lowest BCUT2D eigenvalue weighted by Crippen LogP contribution is -2.77. The van der Waals surface area contributed by atoms with E-state index in [4.69, 9.17) is 26.8 Å². The van der Waals surface area contributed by atoms with Gasteiger partial charge in [-0.15, -0.1) is 0 Å². The first-order chi connectivity index (χ1) is 28.6. The number of primary amides is 1. The van der Waals surface area contributed by atoms with Crippen molar-refractivity contribution < 1.29 is 38.6 Å². The molecule has 4 aliphatic rings. The van der Waals surface area contributed by atoms with Crippen molar-refractivity contribution in [2.75, 3.05) is 44.3 Å². The third-order valence-corrected chi connectivity index (χ3v) is 12.8. The fraction of sp³-hybridized carbons (Fsp3) is 0.477. The van der Waals surface area contributed by atoms with E-state index in [1.807, 2.05) is 38.7 Å². The molecule has 16 heteroatoms. The Morgan fingerprint density at radius 2 is 1.68 bits per heavy atom. The predicted octanol–water partition coefficient (Wildman–Crippen LogP) is 4.43. The molecule has 5 amide bonds. The van der Waals surface area contributed by atoms with E-state index in [-0.39, 0.29) is 47.5 Å². The van der Waals surface area contributed by atoms with Gasteiger partial charge in [-0.3, -0.25) is 38.7 Å². The van der Waals surface area contributed by atoms with Crippen molar-refractivity contribution in [1.82, 2.24) is 19.7 Å². The Morgan fingerprint density at radius 1 is 0.950 bits per heavy atom. The minimum absolute atomic E-state index is 0.0125. The molecule has 1 aromatic heterocycles. The number of nitrogens with two attached hydrogens (primary N) is 1. The monoisotopic (exact) mass is 839 g/mol. The Morgan fingerprint density at radius 3 is 2.35 bits per heavy atom. The van der Waals surface area contributed by atoms with Gasteiger partial charge in [-0.25, -0.2) is 4.98 Å². The molecule has 3 aliphatic heterocycles. The van der Waals surface area contributed by atoms with Crippen LogP contribution in [0.15, 0.2) is 54.7 Å². The van der Waals surface area contributed by atoms with Gasteiger partial charge in [0, 0.05) is 49.1 Å². The molecule has 2 saturated heterocycles. The molecule has 316 valence electrons. The van der Waals surface area contributed by atoms with E-state index in [0.717, 1.165) is 37.3 Å². The molecule has 0 spiro atoms. The molecule has 3 aromatic rings. The number of hydrogen-bond acceptors (Lipinski definition) is 12. The van der Waals surface area contributed by atoms with Crippen molar-refractivity contribution in [3.63, 3.8) is 0 Å². The van der Waals surface area contributed by atoms with E-state index >= 15 is 0 Å². The Hall–Kier alpha value is -5.56. The Labute approximate surface area is 353 Å². The Bertz CT molecular complexity index is 2230. The summed E-state index contributed by atoms with van der Waals surface area (Å²) in [5.41, 5.74) is 4.89. The number of nitrogens with zero attached hydrogens (tertiary/aromatic N) is 6. The fourth-order valence-corrected chi connectivity index (χ4v) is 10.1. The number of aromatic nitrogens is 1. The van der Waals surface area contributed by atoms with Crippen LogP contribution in [0.25, 0.3) is 0 Å². The number of halogens is 1. The van der Waals surface area contributed by atoms with Gasteiger partial charge in [0.15, 0.2) is 0 Å². The molecule has 1 saturated carbocycles. The molecular weight excluding hydrogens is 790 g/mol. The summed E-state index contributed by atoms with van der Waals surface area (Å²) in [5.74, 6) is -1.09. The minimum Gasteiger partial charge on any atom is -0.494 e. The summed E-state index contributed by atoms with van der Waals surface area (Å²) in [6, 6.07) is 13.1. The zero-order valence-corrected chi connectivity index (χ0v) is 35.0. The van der Waals surface area contributed by atoms with E-state index < -0.39 is 52.6 Å². The van der Waals surface area contributed by atoms with E-state index in [1.54, 1.807) is 48.5 Å². The lowest BCUT2D eigenvalue weighted by molar-refractivity contribution is -0.216. The molecular formula is C44H50ClN7O8. The van der Waals surface area contributed by atoms with E-state index in [9.17, 15) is 34.3 Å². The first kappa shape index (κ1) is 42.6. The molecule has 3 fully saturated rings. The molecule has 7 rings (SSSR count). The topological polar surface area (TPSA) is 200 Å². The van der Waals surface area contributed by atoms with Crippen LogP contribution in [-0.2, 0) is 9.59 Å². The van der Waals surface area contributed by atoms with Gasteiger partial charge in [0.25, 0.3) is 17.7 Å². The van der Waals surface area contributed by atoms with Crippen LogP contribution in [-0.4, -0.2) is 118 Å². The number of ether oxygens (including phenoxy) is 2. The minimum atomic E-state index is -1.15. The van der Waals surface area contributed by atoms with Crippen molar-refractivity contribution in [3.8, 4) is 17.6 Å². The van der Waals surface area contributed by atoms with Crippen LogP contribution in [0.5, 0.6) is 11.5 Å². The number of piperazine rings is 1. The number of carbonyl (C=O) groups is 5. The predicted molar refractivity (Wildman–Crippen MR) is 221 cm³/mol. The zero-order chi connectivity index (χ0) is 43.1. The maximum Gasteiger partial charge on any atom is 0.262 e. The molecule has 0 radical (unpaired) electrons. The fourth-order valence-electron chi connectivity index (χ4n) is 9.87. The van der Waals surface area contributed by atoms with Crippen LogP contribution in [0.4, 0.5) is 5.82 Å². The number of anilines is 1. The van der Waals surface area contributed by atoms with Crippen molar-refractivity contribution in [3.05, 3.63) is 82.0 Å². The van der Waals surface area contributed by atoms with Crippen LogP contribution < -0.4 is 20.1 Å². The average molecular weight is 840 g/mol. The maximum absolute atomic E-state index is 14.3. The number of pyridine rings is 1. The Kier molecular flexibility index (Phi) is 11.9. The molecule has 1 aliphatic carbocycles. The number of fused-ring (bicyclic) bond motifs is 1. The number of likely N-dealkylation sites (tertiary alicyclic amines) is 1. The number of benzene rings is 2. The van der Waals surface area contributed by atoms with Crippen molar-refractivity contribution in [2.24, 2.45) is 16.6 Å². The van der Waals surface area contributed by atoms with Gasteiger partial charge in [0.2, 0.25) is 11.8 Å². The van der Waals surface area contributed by atoms with Crippen LogP contribution in [0.2, 0.25) is 5.02 Å². The number of amides is 5. The van der Waals surface area contributed by atoms with E-state index in [1.165, 1.54) is 11.1 Å². The number of carbonyl (C=O) groups excluding carboxylic acids is 5. The summed E-state index contributed by atoms with van der Waals surface area (Å²) in [4.78, 5) is 77.8. The van der Waals surface area contributed by atoms with Crippen molar-refractivity contribution in [2.45, 2.75) is 84.0 Å². The molecule has 3 N–H and O–H groups in total. The highest BCUT2D eigenvalue weighted by atomic mass is 35.5. The molecule has 2 atom stereocenters. The number of aliphatic hydroxyl groups is 1. The summed E-state index contributed by atoms with van der Waals surface area (Å²) in [7, 11) is 0. The summed E-state index contributed by atoms with van der Waals surface area (Å²) in [5, 5.41) is 19.6. The number of piperidine rings is 1. The summed E-state index contributed by atoms with van der Waals surface area (Å²) in [6.07, 6.45) is 3.59. The molecule has 4 heterocycles. The van der Waals surface area contributed by atoms with Crippen LogP contribution >= 0.6 is 11.6 Å². The molecule has 2 aromatic carbocycles. The first-order valence-corrected chi connectivity index (χ1v) is 20.7. The number of hydrogen-bond donors (Lipinski definition) is 2. The lowest BCUT2D eigenvalue weighted by atomic mass is 9.48. The van der Waals surface area contributed by atoms with Gasteiger partial charge in [-0.1, -0.05) is 39.3 Å². The molecule has 15 nitrogen and oxygen atoms in total. The Balaban J connectivity index is 0.914. The zero-order valence-electron chi connectivity index (χ0n) is 34.2. The quantitative estimate of drug-likeness (QED) is 0.171.